The maximum atomic E-state index is 9.19. The van der Waals surface area contributed by atoms with Gasteiger partial charge in [-0.3, -0.25) is 0 Å². The molecule has 0 atom stereocenters. The first-order valence-electron chi connectivity index (χ1n) is 5.11. The number of nitrogens with two attached hydrogens (primary N) is 1. The van der Waals surface area contributed by atoms with Crippen molar-refractivity contribution in [1.82, 2.24) is 15.0 Å². The molecule has 0 amide bonds. The molecule has 0 radical (unpaired) electrons. The van der Waals surface area contributed by atoms with E-state index in [0.717, 1.165) is 19.4 Å². The normalized spacial score (nSPS) is 23.9. The van der Waals surface area contributed by atoms with Gasteiger partial charge in [0.15, 0.2) is 0 Å². The molecule has 0 spiro atoms. The van der Waals surface area contributed by atoms with Gasteiger partial charge in [-0.25, -0.2) is 0 Å². The second kappa shape index (κ2) is 4.39. The first-order valence-corrected chi connectivity index (χ1v) is 5.48. The topological polar surface area (TPSA) is 88.2 Å². The van der Waals surface area contributed by atoms with E-state index in [1.165, 1.54) is 0 Å². The molecule has 1 heterocycles. The van der Waals surface area contributed by atoms with Crippen LogP contribution in [0.2, 0.25) is 5.28 Å². The van der Waals surface area contributed by atoms with Crippen molar-refractivity contribution in [1.29, 1.82) is 0 Å². The van der Waals surface area contributed by atoms with Crippen molar-refractivity contribution in [3.05, 3.63) is 5.28 Å². The van der Waals surface area contributed by atoms with Gasteiger partial charge >= 0.3 is 0 Å². The number of rotatable bonds is 3. The lowest BCUT2D eigenvalue weighted by molar-refractivity contribution is 0.0463. The van der Waals surface area contributed by atoms with E-state index in [9.17, 15) is 5.11 Å². The summed E-state index contributed by atoms with van der Waals surface area (Å²) in [7, 11) is 1.87. The van der Waals surface area contributed by atoms with Gasteiger partial charge in [-0.05, 0) is 30.4 Å². The summed E-state index contributed by atoms with van der Waals surface area (Å²) < 4.78 is 0. The Morgan fingerprint density at radius 1 is 1.44 bits per heavy atom. The third-order valence-electron chi connectivity index (χ3n) is 2.70. The van der Waals surface area contributed by atoms with Gasteiger partial charge in [0.2, 0.25) is 17.2 Å². The lowest BCUT2D eigenvalue weighted by Crippen LogP contribution is -2.37. The van der Waals surface area contributed by atoms with Crippen LogP contribution in [0.1, 0.15) is 12.8 Å². The van der Waals surface area contributed by atoms with Gasteiger partial charge in [-0.15, -0.1) is 0 Å². The smallest absolute Gasteiger partial charge is 0.231 e. The number of nitrogen functional groups attached to an aromatic ring is 1. The summed E-state index contributed by atoms with van der Waals surface area (Å²) in [4.78, 5) is 13.6. The molecule has 1 saturated carbocycles. The fourth-order valence-electron chi connectivity index (χ4n) is 1.84. The molecule has 1 aliphatic rings. The standard InChI is InChI=1S/C9H14ClN5O/c1-15(4-5-2-6(16)3-5)9-13-7(10)12-8(11)14-9/h5-6,16H,2-4H2,1H3,(H2,11,12,13,14). The molecule has 3 N–H and O–H groups in total. The molecule has 0 unspecified atom stereocenters. The molecule has 1 aromatic rings. The SMILES string of the molecule is CN(CC1CC(O)C1)c1nc(N)nc(Cl)n1. The van der Waals surface area contributed by atoms with Crippen molar-refractivity contribution >= 4 is 23.5 Å². The summed E-state index contributed by atoms with van der Waals surface area (Å²) in [6.45, 7) is 0.789. The maximum Gasteiger partial charge on any atom is 0.231 e. The monoisotopic (exact) mass is 243 g/mol. The number of aliphatic hydroxyl groups excluding tert-OH is 1. The summed E-state index contributed by atoms with van der Waals surface area (Å²) in [6, 6.07) is 0. The van der Waals surface area contributed by atoms with Crippen LogP contribution in [0.5, 0.6) is 0 Å². The highest BCUT2D eigenvalue weighted by atomic mass is 35.5. The predicted octanol–water partition coefficient (Wildman–Crippen LogP) is 0.314. The van der Waals surface area contributed by atoms with Gasteiger partial charge in [0.1, 0.15) is 0 Å². The Labute approximate surface area is 98.5 Å². The van der Waals surface area contributed by atoms with Gasteiger partial charge in [0.05, 0.1) is 6.10 Å². The molecule has 1 aromatic heterocycles. The summed E-state index contributed by atoms with van der Waals surface area (Å²) in [5, 5.41) is 9.29. The van der Waals surface area contributed by atoms with Crippen LogP contribution in [0.25, 0.3) is 0 Å². The molecule has 0 aromatic carbocycles. The molecule has 16 heavy (non-hydrogen) atoms. The first kappa shape index (κ1) is 11.3. The fourth-order valence-corrected chi connectivity index (χ4v) is 2.01. The van der Waals surface area contributed by atoms with Crippen LogP contribution >= 0.6 is 11.6 Å². The van der Waals surface area contributed by atoms with Crippen LogP contribution in [-0.4, -0.2) is 39.8 Å². The highest BCUT2D eigenvalue weighted by Crippen LogP contribution is 2.28. The highest BCUT2D eigenvalue weighted by molar-refractivity contribution is 6.28. The second-order valence-electron chi connectivity index (χ2n) is 4.13. The average Bonchev–Trinajstić information content (AvgIpc) is 2.13. The Bertz CT molecular complexity index is 362. The van der Waals surface area contributed by atoms with E-state index in [0.29, 0.717) is 11.9 Å². The number of hydrogen-bond acceptors (Lipinski definition) is 6. The van der Waals surface area contributed by atoms with Crippen molar-refractivity contribution in [3.8, 4) is 0 Å². The van der Waals surface area contributed by atoms with Crippen LogP contribution in [0.4, 0.5) is 11.9 Å². The number of nitrogens with zero attached hydrogens (tertiary/aromatic N) is 4. The Morgan fingerprint density at radius 2 is 2.12 bits per heavy atom. The van der Waals surface area contributed by atoms with Crippen molar-refractivity contribution in [2.24, 2.45) is 5.92 Å². The number of aliphatic hydroxyl groups is 1. The van der Waals surface area contributed by atoms with Crippen LogP contribution < -0.4 is 10.6 Å². The van der Waals surface area contributed by atoms with Crippen LogP contribution in [0, 0.1) is 5.92 Å². The number of aromatic nitrogens is 3. The molecule has 7 heteroatoms. The minimum Gasteiger partial charge on any atom is -0.393 e. The lowest BCUT2D eigenvalue weighted by atomic mass is 9.82. The van der Waals surface area contributed by atoms with E-state index in [2.05, 4.69) is 15.0 Å². The molecular formula is C9H14ClN5O. The van der Waals surface area contributed by atoms with Gasteiger partial charge in [-0.2, -0.15) is 15.0 Å². The Hall–Kier alpha value is -1.14. The van der Waals surface area contributed by atoms with Crippen LogP contribution in [0.15, 0.2) is 0 Å². The summed E-state index contributed by atoms with van der Waals surface area (Å²) in [5.41, 5.74) is 5.48. The quantitative estimate of drug-likeness (QED) is 0.795. The summed E-state index contributed by atoms with van der Waals surface area (Å²) in [6.07, 6.45) is 1.52. The molecule has 0 aliphatic heterocycles. The van der Waals surface area contributed by atoms with E-state index >= 15 is 0 Å². The first-order chi connectivity index (χ1) is 7.54. The Kier molecular flexibility index (Phi) is 3.11. The zero-order chi connectivity index (χ0) is 11.7. The molecule has 0 saturated heterocycles. The fraction of sp³-hybridized carbons (Fsp3) is 0.667. The zero-order valence-corrected chi connectivity index (χ0v) is 9.72. The molecule has 6 nitrogen and oxygen atoms in total. The zero-order valence-electron chi connectivity index (χ0n) is 8.97. The van der Waals surface area contributed by atoms with Crippen molar-refractivity contribution in [2.75, 3.05) is 24.2 Å². The number of anilines is 2. The van der Waals surface area contributed by atoms with E-state index in [1.54, 1.807) is 0 Å². The van der Waals surface area contributed by atoms with Gasteiger partial charge < -0.3 is 15.7 Å². The molecule has 2 rings (SSSR count). The van der Waals surface area contributed by atoms with Crippen LogP contribution in [0.3, 0.4) is 0 Å². The Morgan fingerprint density at radius 3 is 2.69 bits per heavy atom. The molecule has 88 valence electrons. The molecule has 1 fully saturated rings. The third kappa shape index (κ3) is 2.51. The largest absolute Gasteiger partial charge is 0.393 e. The van der Waals surface area contributed by atoms with Crippen molar-refractivity contribution < 1.29 is 5.11 Å². The summed E-state index contributed by atoms with van der Waals surface area (Å²) in [5.74, 6) is 1.08. The maximum absolute atomic E-state index is 9.19. The summed E-state index contributed by atoms with van der Waals surface area (Å²) >= 11 is 5.69. The van der Waals surface area contributed by atoms with Crippen molar-refractivity contribution in [2.45, 2.75) is 18.9 Å². The van der Waals surface area contributed by atoms with Gasteiger partial charge in [0, 0.05) is 13.6 Å². The van der Waals surface area contributed by atoms with E-state index in [4.69, 9.17) is 17.3 Å². The molecular weight excluding hydrogens is 230 g/mol. The number of halogens is 1. The minimum absolute atomic E-state index is 0.1000. The minimum atomic E-state index is -0.148. The van der Waals surface area contributed by atoms with Gasteiger partial charge in [-0.1, -0.05) is 0 Å². The second-order valence-corrected chi connectivity index (χ2v) is 4.47. The predicted molar refractivity (Wildman–Crippen MR) is 61.3 cm³/mol. The lowest BCUT2D eigenvalue weighted by Gasteiger charge is -2.34. The van der Waals surface area contributed by atoms with E-state index in [1.807, 2.05) is 11.9 Å². The van der Waals surface area contributed by atoms with Gasteiger partial charge in [0.25, 0.3) is 0 Å². The van der Waals surface area contributed by atoms with Crippen LogP contribution in [-0.2, 0) is 0 Å². The Balaban J connectivity index is 2.00. The molecule has 0 bridgehead atoms. The third-order valence-corrected chi connectivity index (χ3v) is 2.87. The van der Waals surface area contributed by atoms with Crippen molar-refractivity contribution in [3.63, 3.8) is 0 Å². The molecule has 1 aliphatic carbocycles. The average molecular weight is 244 g/mol. The van der Waals surface area contributed by atoms with E-state index in [-0.39, 0.29) is 17.3 Å². The highest BCUT2D eigenvalue weighted by Gasteiger charge is 2.28. The van der Waals surface area contributed by atoms with E-state index < -0.39 is 0 Å². The number of hydrogen-bond donors (Lipinski definition) is 2.